The normalized spacial score (nSPS) is 10.6. The molecule has 0 saturated heterocycles. The smallest absolute Gasteiger partial charge is 0.203 e. The van der Waals surface area contributed by atoms with E-state index in [9.17, 15) is 4.39 Å². The van der Waals surface area contributed by atoms with Gasteiger partial charge in [-0.2, -0.15) is 0 Å². The standard InChI is InChI=1S/C9H7BrFN3S2/c10-7-2-1-6(11)3-5(7)4-15-9-14-13-8(12)16-9/h1-3H,4H2,(H2,12,13). The van der Waals surface area contributed by atoms with Crippen molar-refractivity contribution in [2.75, 3.05) is 5.73 Å². The molecule has 0 atom stereocenters. The van der Waals surface area contributed by atoms with Gasteiger partial charge in [-0.1, -0.05) is 39.0 Å². The van der Waals surface area contributed by atoms with Crippen molar-refractivity contribution in [3.8, 4) is 0 Å². The van der Waals surface area contributed by atoms with Crippen molar-refractivity contribution in [3.05, 3.63) is 34.1 Å². The van der Waals surface area contributed by atoms with Gasteiger partial charge in [0.05, 0.1) is 0 Å². The van der Waals surface area contributed by atoms with Crippen molar-refractivity contribution in [1.29, 1.82) is 0 Å². The molecule has 0 unspecified atom stereocenters. The van der Waals surface area contributed by atoms with Gasteiger partial charge in [0.1, 0.15) is 5.82 Å². The zero-order valence-corrected chi connectivity index (χ0v) is 11.2. The summed E-state index contributed by atoms with van der Waals surface area (Å²) in [4.78, 5) is 0. The van der Waals surface area contributed by atoms with Crippen LogP contribution in [0.15, 0.2) is 27.0 Å². The van der Waals surface area contributed by atoms with E-state index in [4.69, 9.17) is 5.73 Å². The number of rotatable bonds is 3. The Balaban J connectivity index is 2.07. The Labute approximate surface area is 108 Å². The Hall–Kier alpha value is -0.660. The predicted octanol–water partition coefficient (Wildman–Crippen LogP) is 3.31. The Morgan fingerprint density at radius 2 is 2.25 bits per heavy atom. The summed E-state index contributed by atoms with van der Waals surface area (Å²) in [7, 11) is 0. The van der Waals surface area contributed by atoms with Gasteiger partial charge in [0, 0.05) is 10.2 Å². The summed E-state index contributed by atoms with van der Waals surface area (Å²) < 4.78 is 14.7. The average molecular weight is 320 g/mol. The Kier molecular flexibility index (Phi) is 3.78. The molecular formula is C9H7BrFN3S2. The Morgan fingerprint density at radius 3 is 2.94 bits per heavy atom. The fourth-order valence-electron chi connectivity index (χ4n) is 1.07. The zero-order valence-electron chi connectivity index (χ0n) is 7.98. The minimum atomic E-state index is -0.240. The number of hydrogen-bond acceptors (Lipinski definition) is 5. The minimum absolute atomic E-state index is 0.240. The number of aromatic nitrogens is 2. The van der Waals surface area contributed by atoms with Crippen LogP contribution in [0.2, 0.25) is 0 Å². The molecule has 1 heterocycles. The molecule has 1 aromatic heterocycles. The summed E-state index contributed by atoms with van der Waals surface area (Å²) in [6.07, 6.45) is 0. The summed E-state index contributed by atoms with van der Waals surface area (Å²) in [6.45, 7) is 0. The Bertz CT molecular complexity index is 503. The minimum Gasteiger partial charge on any atom is -0.374 e. The van der Waals surface area contributed by atoms with Crippen LogP contribution in [0, 0.1) is 5.82 Å². The largest absolute Gasteiger partial charge is 0.374 e. The SMILES string of the molecule is Nc1nnc(SCc2cc(F)ccc2Br)s1. The summed E-state index contributed by atoms with van der Waals surface area (Å²) >= 11 is 6.18. The fraction of sp³-hybridized carbons (Fsp3) is 0.111. The van der Waals surface area contributed by atoms with Gasteiger partial charge in [-0.3, -0.25) is 0 Å². The summed E-state index contributed by atoms with van der Waals surface area (Å²) in [5, 5.41) is 8.03. The van der Waals surface area contributed by atoms with Crippen LogP contribution in [-0.4, -0.2) is 10.2 Å². The average Bonchev–Trinajstić information content (AvgIpc) is 2.66. The van der Waals surface area contributed by atoms with E-state index in [0.717, 1.165) is 14.4 Å². The number of thioether (sulfide) groups is 1. The van der Waals surface area contributed by atoms with E-state index in [1.165, 1.54) is 35.2 Å². The number of halogens is 2. The summed E-state index contributed by atoms with van der Waals surface area (Å²) in [5.74, 6) is 0.392. The predicted molar refractivity (Wildman–Crippen MR) is 68.0 cm³/mol. The van der Waals surface area contributed by atoms with Crippen molar-refractivity contribution in [2.45, 2.75) is 10.1 Å². The summed E-state index contributed by atoms with van der Waals surface area (Å²) in [6, 6.07) is 4.61. The van der Waals surface area contributed by atoms with E-state index in [2.05, 4.69) is 26.1 Å². The van der Waals surface area contributed by atoms with E-state index in [1.54, 1.807) is 6.07 Å². The van der Waals surface area contributed by atoms with Crippen molar-refractivity contribution < 1.29 is 4.39 Å². The van der Waals surface area contributed by atoms with E-state index < -0.39 is 0 Å². The highest BCUT2D eigenvalue weighted by Gasteiger charge is 2.06. The lowest BCUT2D eigenvalue weighted by molar-refractivity contribution is 0.626. The number of nitrogen functional groups attached to an aromatic ring is 1. The third-order valence-electron chi connectivity index (χ3n) is 1.78. The lowest BCUT2D eigenvalue weighted by Crippen LogP contribution is -1.85. The second kappa shape index (κ2) is 5.11. The highest BCUT2D eigenvalue weighted by Crippen LogP contribution is 2.29. The molecule has 0 fully saturated rings. The molecule has 0 aliphatic heterocycles. The van der Waals surface area contributed by atoms with Crippen LogP contribution in [0.1, 0.15) is 5.56 Å². The van der Waals surface area contributed by atoms with Crippen molar-refractivity contribution >= 4 is 44.2 Å². The Morgan fingerprint density at radius 1 is 1.44 bits per heavy atom. The van der Waals surface area contributed by atoms with Crippen molar-refractivity contribution in [2.24, 2.45) is 0 Å². The number of nitrogens with zero attached hydrogens (tertiary/aromatic N) is 2. The molecule has 0 amide bonds. The molecule has 0 aliphatic rings. The highest BCUT2D eigenvalue weighted by molar-refractivity contribution is 9.10. The molecule has 0 spiro atoms. The number of anilines is 1. The monoisotopic (exact) mass is 319 g/mol. The van der Waals surface area contributed by atoms with Crippen LogP contribution >= 0.6 is 39.0 Å². The number of hydrogen-bond donors (Lipinski definition) is 1. The van der Waals surface area contributed by atoms with Crippen LogP contribution < -0.4 is 5.73 Å². The van der Waals surface area contributed by atoms with Crippen LogP contribution in [0.5, 0.6) is 0 Å². The van der Waals surface area contributed by atoms with Gasteiger partial charge < -0.3 is 5.73 Å². The quantitative estimate of drug-likeness (QED) is 0.882. The van der Waals surface area contributed by atoms with E-state index in [1.807, 2.05) is 0 Å². The molecule has 2 N–H and O–H groups in total. The van der Waals surface area contributed by atoms with E-state index in [0.29, 0.717) is 10.9 Å². The number of benzene rings is 1. The first-order valence-corrected chi connectivity index (χ1v) is 6.90. The maximum absolute atomic E-state index is 13.0. The highest BCUT2D eigenvalue weighted by atomic mass is 79.9. The fourth-order valence-corrected chi connectivity index (χ4v) is 3.27. The molecule has 16 heavy (non-hydrogen) atoms. The third kappa shape index (κ3) is 2.93. The molecule has 84 valence electrons. The molecule has 0 aliphatic carbocycles. The second-order valence-corrected chi connectivity index (χ2v) is 6.02. The first-order valence-electron chi connectivity index (χ1n) is 4.31. The van der Waals surface area contributed by atoms with Crippen LogP contribution in [0.25, 0.3) is 0 Å². The molecule has 0 saturated carbocycles. The lowest BCUT2D eigenvalue weighted by atomic mass is 10.2. The van der Waals surface area contributed by atoms with Gasteiger partial charge in [0.2, 0.25) is 5.13 Å². The van der Waals surface area contributed by atoms with Gasteiger partial charge >= 0.3 is 0 Å². The molecular weight excluding hydrogens is 313 g/mol. The number of nitrogens with two attached hydrogens (primary N) is 1. The van der Waals surface area contributed by atoms with Gasteiger partial charge in [0.25, 0.3) is 0 Å². The molecule has 2 rings (SSSR count). The summed E-state index contributed by atoms with van der Waals surface area (Å²) in [5.41, 5.74) is 6.35. The molecule has 7 heteroatoms. The van der Waals surface area contributed by atoms with Crippen LogP contribution in [0.4, 0.5) is 9.52 Å². The van der Waals surface area contributed by atoms with Gasteiger partial charge in [-0.05, 0) is 23.8 Å². The van der Waals surface area contributed by atoms with Gasteiger partial charge in [-0.15, -0.1) is 10.2 Å². The van der Waals surface area contributed by atoms with E-state index in [-0.39, 0.29) is 5.82 Å². The van der Waals surface area contributed by atoms with Gasteiger partial charge in [-0.25, -0.2) is 4.39 Å². The topological polar surface area (TPSA) is 51.8 Å². The van der Waals surface area contributed by atoms with Crippen LogP contribution in [0.3, 0.4) is 0 Å². The molecule has 0 bridgehead atoms. The zero-order chi connectivity index (χ0) is 11.5. The first-order chi connectivity index (χ1) is 7.65. The lowest BCUT2D eigenvalue weighted by Gasteiger charge is -2.02. The molecule has 3 nitrogen and oxygen atoms in total. The first kappa shape index (κ1) is 11.8. The van der Waals surface area contributed by atoms with Gasteiger partial charge in [0.15, 0.2) is 4.34 Å². The van der Waals surface area contributed by atoms with Crippen LogP contribution in [-0.2, 0) is 5.75 Å². The van der Waals surface area contributed by atoms with E-state index >= 15 is 0 Å². The molecule has 1 aromatic carbocycles. The van der Waals surface area contributed by atoms with Crippen molar-refractivity contribution in [3.63, 3.8) is 0 Å². The maximum atomic E-state index is 13.0. The molecule has 2 aromatic rings. The van der Waals surface area contributed by atoms with Crippen molar-refractivity contribution in [1.82, 2.24) is 10.2 Å². The maximum Gasteiger partial charge on any atom is 0.203 e. The third-order valence-corrected chi connectivity index (χ3v) is 4.49. The second-order valence-electron chi connectivity index (χ2n) is 2.93. The molecule has 0 radical (unpaired) electrons.